The van der Waals surface area contributed by atoms with E-state index in [1.54, 1.807) is 24.4 Å². The molecule has 0 aromatic carbocycles. The van der Waals surface area contributed by atoms with Crippen molar-refractivity contribution in [1.82, 2.24) is 10.4 Å². The van der Waals surface area contributed by atoms with Crippen LogP contribution in [0.2, 0.25) is 15.2 Å². The first-order valence-electron chi connectivity index (χ1n) is 5.60. The highest BCUT2D eigenvalue weighted by Gasteiger charge is 2.25. The van der Waals surface area contributed by atoms with Crippen molar-refractivity contribution in [3.05, 3.63) is 51.0 Å². The number of pyridine rings is 2. The number of nitrogen functional groups attached to an aromatic ring is 1. The summed E-state index contributed by atoms with van der Waals surface area (Å²) in [6.07, 6.45) is 2.99. The van der Waals surface area contributed by atoms with Crippen molar-refractivity contribution in [1.29, 1.82) is 0 Å². The van der Waals surface area contributed by atoms with Gasteiger partial charge in [0.2, 0.25) is 0 Å². The van der Waals surface area contributed by atoms with Gasteiger partial charge < -0.3 is 5.73 Å². The number of nitrogens with zero attached hydrogens (tertiary/aromatic N) is 2. The van der Waals surface area contributed by atoms with Crippen molar-refractivity contribution < 1.29 is 9.78 Å². The summed E-state index contributed by atoms with van der Waals surface area (Å²) in [5.74, 6) is -0.613. The van der Waals surface area contributed by atoms with Gasteiger partial charge in [0, 0.05) is 6.20 Å². The van der Waals surface area contributed by atoms with Gasteiger partial charge in [0.1, 0.15) is 10.0 Å². The number of aromatic amines is 1. The molecule has 0 saturated carbocycles. The van der Waals surface area contributed by atoms with Crippen LogP contribution in [0.3, 0.4) is 0 Å². The summed E-state index contributed by atoms with van der Waals surface area (Å²) in [7, 11) is 0. The number of nitrogens with two attached hydrogens (primary N) is 1. The number of hydrogen-bond acceptors (Lipinski definition) is 4. The third-order valence-electron chi connectivity index (χ3n) is 2.40. The largest absolute Gasteiger partial charge is 0.396 e. The molecule has 0 atom stereocenters. The average molecular weight is 346 g/mol. The molecule has 0 aliphatic rings. The van der Waals surface area contributed by atoms with Crippen LogP contribution in [0.1, 0.15) is 16.2 Å². The number of hydrazone groups is 1. The average Bonchev–Trinajstić information content (AvgIpc) is 2.49. The molecule has 1 amide bonds. The molecule has 4 N–H and O–H groups in total. The first kappa shape index (κ1) is 15.5. The fourth-order valence-electron chi connectivity index (χ4n) is 1.39. The molecule has 108 valence electrons. The van der Waals surface area contributed by atoms with Crippen LogP contribution in [-0.2, 0) is 0 Å². The lowest BCUT2D eigenvalue weighted by Crippen LogP contribution is -2.28. The van der Waals surface area contributed by atoms with Gasteiger partial charge in [-0.15, -0.1) is 0 Å². The highest BCUT2D eigenvalue weighted by Crippen LogP contribution is 2.31. The van der Waals surface area contributed by atoms with Gasteiger partial charge in [-0.25, -0.2) is 5.43 Å². The molecular weight excluding hydrogens is 337 g/mol. The number of hydrogen-bond donors (Lipinski definition) is 2. The molecule has 2 aromatic rings. The minimum Gasteiger partial charge on any atom is -0.396 e. The number of halogens is 3. The van der Waals surface area contributed by atoms with Crippen molar-refractivity contribution >= 4 is 52.6 Å². The first-order chi connectivity index (χ1) is 10.0. The summed E-state index contributed by atoms with van der Waals surface area (Å²) < 4.78 is 0. The van der Waals surface area contributed by atoms with E-state index in [1.165, 1.54) is 6.21 Å². The van der Waals surface area contributed by atoms with Crippen LogP contribution in [-0.4, -0.2) is 17.1 Å². The van der Waals surface area contributed by atoms with Crippen LogP contribution < -0.4 is 16.1 Å². The summed E-state index contributed by atoms with van der Waals surface area (Å²) in [6, 6.07) is 5.29. The second kappa shape index (κ2) is 6.71. The molecule has 0 fully saturated rings. The molecular formula is C12H9Cl3N5O+. The Morgan fingerprint density at radius 2 is 2.10 bits per heavy atom. The van der Waals surface area contributed by atoms with Crippen molar-refractivity contribution in [2.75, 3.05) is 5.73 Å². The van der Waals surface area contributed by atoms with E-state index in [9.17, 15) is 4.79 Å². The Morgan fingerprint density at radius 1 is 1.33 bits per heavy atom. The minimum atomic E-state index is -0.613. The normalized spacial score (nSPS) is 10.8. The highest BCUT2D eigenvalue weighted by molar-refractivity contribution is 6.45. The Hall–Kier alpha value is -1.89. The van der Waals surface area contributed by atoms with Gasteiger partial charge in [-0.3, -0.25) is 9.78 Å². The standard InChI is InChI=1S/C12H8Cl3N5O/c13-7-9(16)8(14)11(15)19-10(7)12(21)20-18-5-6-3-1-2-4-17-6/h1-5H,(H2,16,19)(H,20,21)/p+1/b18-5+. The van der Waals surface area contributed by atoms with E-state index < -0.39 is 5.91 Å². The number of rotatable bonds is 3. The summed E-state index contributed by atoms with van der Waals surface area (Å²) in [4.78, 5) is 18.5. The number of amides is 1. The molecule has 2 aromatic heterocycles. The number of carbonyl (C=O) groups excluding carboxylic acids is 1. The number of nitrogens with one attached hydrogen (secondary N) is 2. The van der Waals surface area contributed by atoms with Crippen molar-refractivity contribution in [2.45, 2.75) is 0 Å². The van der Waals surface area contributed by atoms with Crippen LogP contribution in [0, 0.1) is 0 Å². The lowest BCUT2D eigenvalue weighted by Gasteiger charge is -2.02. The minimum absolute atomic E-state index is 0.0115. The van der Waals surface area contributed by atoms with E-state index in [0.717, 1.165) is 0 Å². The fourth-order valence-corrected chi connectivity index (χ4v) is 2.00. The molecule has 0 aliphatic heterocycles. The van der Waals surface area contributed by atoms with Crippen LogP contribution in [0.15, 0.2) is 29.5 Å². The second-order valence-corrected chi connectivity index (χ2v) is 4.94. The SMILES string of the molecule is Nc1c(Cl)c(Cl)[nH+]c(C(=O)N/N=C/c2ccccn2)c1Cl. The van der Waals surface area contributed by atoms with Gasteiger partial charge in [0.05, 0.1) is 17.6 Å². The van der Waals surface area contributed by atoms with Crippen molar-refractivity contribution in [3.8, 4) is 0 Å². The zero-order chi connectivity index (χ0) is 15.4. The molecule has 21 heavy (non-hydrogen) atoms. The molecule has 6 nitrogen and oxygen atoms in total. The van der Waals surface area contributed by atoms with E-state index in [1.807, 2.05) is 0 Å². The Kier molecular flexibility index (Phi) is 4.95. The maximum atomic E-state index is 12.0. The molecule has 2 rings (SSSR count). The topological polar surface area (TPSA) is 94.5 Å². The van der Waals surface area contributed by atoms with Gasteiger partial charge in [0.25, 0.3) is 10.8 Å². The Bertz CT molecular complexity index is 706. The zero-order valence-corrected chi connectivity index (χ0v) is 12.7. The monoisotopic (exact) mass is 344 g/mol. The molecule has 0 aliphatic carbocycles. The first-order valence-corrected chi connectivity index (χ1v) is 6.73. The summed E-state index contributed by atoms with van der Waals surface area (Å²) in [6.45, 7) is 0. The highest BCUT2D eigenvalue weighted by atomic mass is 35.5. The van der Waals surface area contributed by atoms with E-state index in [-0.39, 0.29) is 26.6 Å². The molecule has 0 bridgehead atoms. The van der Waals surface area contributed by atoms with Gasteiger partial charge in [-0.2, -0.15) is 10.1 Å². The number of carbonyl (C=O) groups is 1. The molecule has 0 unspecified atom stereocenters. The van der Waals surface area contributed by atoms with E-state index in [0.29, 0.717) is 5.69 Å². The van der Waals surface area contributed by atoms with Crippen LogP contribution in [0.5, 0.6) is 0 Å². The quantitative estimate of drug-likeness (QED) is 0.507. The lowest BCUT2D eigenvalue weighted by molar-refractivity contribution is -0.379. The summed E-state index contributed by atoms with van der Waals surface area (Å²) in [5.41, 5.74) is 8.48. The lowest BCUT2D eigenvalue weighted by atomic mass is 10.3. The van der Waals surface area contributed by atoms with Gasteiger partial charge in [0.15, 0.2) is 0 Å². The molecule has 2 heterocycles. The summed E-state index contributed by atoms with van der Waals surface area (Å²) in [5, 5.41) is 3.79. The predicted octanol–water partition coefficient (Wildman–Crippen LogP) is 2.20. The van der Waals surface area contributed by atoms with Gasteiger partial charge >= 0.3 is 5.91 Å². The van der Waals surface area contributed by atoms with Gasteiger partial charge in [-0.1, -0.05) is 29.3 Å². The van der Waals surface area contributed by atoms with Crippen LogP contribution >= 0.6 is 34.8 Å². The Labute approximate surface area is 134 Å². The number of anilines is 1. The molecule has 0 spiro atoms. The third-order valence-corrected chi connectivity index (χ3v) is 3.56. The van der Waals surface area contributed by atoms with Crippen LogP contribution in [0.4, 0.5) is 5.69 Å². The third kappa shape index (κ3) is 3.60. The van der Waals surface area contributed by atoms with E-state index >= 15 is 0 Å². The fraction of sp³-hybridized carbons (Fsp3) is 0. The Balaban J connectivity index is 2.16. The van der Waals surface area contributed by atoms with E-state index in [2.05, 4.69) is 20.5 Å². The maximum Gasteiger partial charge on any atom is 0.337 e. The number of aromatic nitrogens is 2. The number of H-pyrrole nitrogens is 1. The smallest absolute Gasteiger partial charge is 0.337 e. The molecule has 0 saturated heterocycles. The van der Waals surface area contributed by atoms with E-state index in [4.69, 9.17) is 40.5 Å². The van der Waals surface area contributed by atoms with Crippen molar-refractivity contribution in [3.63, 3.8) is 0 Å². The maximum absolute atomic E-state index is 12.0. The van der Waals surface area contributed by atoms with Gasteiger partial charge in [-0.05, 0) is 23.7 Å². The molecule has 9 heteroatoms. The van der Waals surface area contributed by atoms with Crippen molar-refractivity contribution in [2.24, 2.45) is 5.10 Å². The second-order valence-electron chi connectivity index (χ2n) is 3.81. The zero-order valence-electron chi connectivity index (χ0n) is 10.4. The predicted molar refractivity (Wildman–Crippen MR) is 81.7 cm³/mol. The summed E-state index contributed by atoms with van der Waals surface area (Å²) >= 11 is 17.5. The Morgan fingerprint density at radius 3 is 2.76 bits per heavy atom. The van der Waals surface area contributed by atoms with Crippen LogP contribution in [0.25, 0.3) is 0 Å². The molecule has 0 radical (unpaired) electrons.